The molecule has 1 aliphatic heterocycles. The van der Waals surface area contributed by atoms with Crippen molar-refractivity contribution in [2.45, 2.75) is 74.7 Å². The molecule has 1 saturated heterocycles. The number of morpholine rings is 1. The van der Waals surface area contributed by atoms with E-state index in [1.165, 1.54) is 4.31 Å². The highest BCUT2D eigenvalue weighted by Crippen LogP contribution is 2.37. The molecule has 206 valence electrons. The van der Waals surface area contributed by atoms with Crippen LogP contribution in [0.1, 0.15) is 31.9 Å². The highest BCUT2D eigenvalue weighted by molar-refractivity contribution is 7.89. The van der Waals surface area contributed by atoms with Crippen LogP contribution >= 0.6 is 0 Å². The molecule has 2 aromatic rings. The van der Waals surface area contributed by atoms with Gasteiger partial charge in [-0.05, 0) is 56.2 Å². The second-order valence-electron chi connectivity index (χ2n) is 11.2. The molecule has 0 saturated carbocycles. The minimum absolute atomic E-state index is 0.0121. The first-order valence-corrected chi connectivity index (χ1v) is 18.3. The van der Waals surface area contributed by atoms with E-state index in [0.717, 1.165) is 11.1 Å². The third kappa shape index (κ3) is 7.28. The Bertz CT molecular complexity index is 1270. The Morgan fingerprint density at radius 1 is 0.946 bits per heavy atom. The van der Waals surface area contributed by atoms with Crippen LogP contribution < -0.4 is 4.72 Å². The predicted molar refractivity (Wildman–Crippen MR) is 148 cm³/mol. The lowest BCUT2D eigenvalue weighted by Crippen LogP contribution is -2.57. The van der Waals surface area contributed by atoms with Crippen molar-refractivity contribution >= 4 is 28.4 Å². The summed E-state index contributed by atoms with van der Waals surface area (Å²) >= 11 is 0. The number of nitrogens with one attached hydrogen (secondary N) is 1. The van der Waals surface area contributed by atoms with Crippen LogP contribution in [0.2, 0.25) is 18.1 Å². The Balaban J connectivity index is 1.80. The number of ether oxygens (including phenoxy) is 1. The maximum atomic E-state index is 13.7. The quantitative estimate of drug-likeness (QED) is 0.458. The molecule has 37 heavy (non-hydrogen) atoms. The molecular weight excluding hydrogens is 529 g/mol. The Labute approximate surface area is 223 Å². The van der Waals surface area contributed by atoms with Crippen molar-refractivity contribution in [2.24, 2.45) is 0 Å². The third-order valence-electron chi connectivity index (χ3n) is 7.22. The molecule has 0 aliphatic carbocycles. The van der Waals surface area contributed by atoms with Gasteiger partial charge in [0, 0.05) is 13.1 Å². The minimum Gasteiger partial charge on any atom is -0.415 e. The molecule has 1 heterocycles. The van der Waals surface area contributed by atoms with E-state index in [0.29, 0.717) is 0 Å². The van der Waals surface area contributed by atoms with Gasteiger partial charge in [0.15, 0.2) is 8.32 Å². The number of sulfonamides is 2. The highest BCUT2D eigenvalue weighted by atomic mass is 32.2. The van der Waals surface area contributed by atoms with Crippen molar-refractivity contribution in [3.05, 3.63) is 59.7 Å². The van der Waals surface area contributed by atoms with Crippen LogP contribution in [0.5, 0.6) is 0 Å². The zero-order valence-corrected chi connectivity index (χ0v) is 25.4. The molecule has 0 amide bonds. The van der Waals surface area contributed by atoms with Gasteiger partial charge in [-0.2, -0.15) is 4.31 Å². The molecule has 8 nitrogen and oxygen atoms in total. The number of aryl methyl sites for hydroxylation is 2. The number of hydrogen-bond acceptors (Lipinski definition) is 6. The summed E-state index contributed by atoms with van der Waals surface area (Å²) in [5.41, 5.74) is 1.92. The average Bonchev–Trinajstić information content (AvgIpc) is 2.81. The molecular formula is C26H40N2O6S2Si. The standard InChI is InChI=1S/C26H40N2O6S2Si/c1-20-8-12-24(13-9-20)35(29,30)27-16-23-17-28(36(31,32)25-14-10-21(2)11-15-25)22(18-33-23)19-34-37(6,7)26(3,4)5/h8-15,22-23,27H,16-19H2,1-7H3/t22-,23+/m1/s1. The Morgan fingerprint density at radius 2 is 1.46 bits per heavy atom. The molecule has 1 aliphatic rings. The van der Waals surface area contributed by atoms with Crippen LogP contribution in [0, 0.1) is 13.8 Å². The van der Waals surface area contributed by atoms with E-state index in [1.54, 1.807) is 48.5 Å². The second kappa shape index (κ2) is 11.2. The lowest BCUT2D eigenvalue weighted by Gasteiger charge is -2.42. The van der Waals surface area contributed by atoms with E-state index in [-0.39, 0.29) is 41.1 Å². The Hall–Kier alpha value is -1.60. The van der Waals surface area contributed by atoms with Gasteiger partial charge >= 0.3 is 0 Å². The van der Waals surface area contributed by atoms with E-state index in [9.17, 15) is 16.8 Å². The molecule has 1 fully saturated rings. The monoisotopic (exact) mass is 568 g/mol. The number of benzene rings is 2. The Morgan fingerprint density at radius 3 is 1.97 bits per heavy atom. The zero-order chi connectivity index (χ0) is 27.6. The van der Waals surface area contributed by atoms with Crippen molar-refractivity contribution in [1.29, 1.82) is 0 Å². The number of hydrogen-bond donors (Lipinski definition) is 1. The van der Waals surface area contributed by atoms with E-state index < -0.39 is 40.5 Å². The van der Waals surface area contributed by atoms with Crippen LogP contribution in [0.25, 0.3) is 0 Å². The van der Waals surface area contributed by atoms with Gasteiger partial charge in [0.05, 0.1) is 35.2 Å². The van der Waals surface area contributed by atoms with Crippen molar-refractivity contribution in [3.63, 3.8) is 0 Å². The molecule has 2 aromatic carbocycles. The van der Waals surface area contributed by atoms with Gasteiger partial charge in [0.25, 0.3) is 0 Å². The first-order chi connectivity index (χ1) is 17.0. The highest BCUT2D eigenvalue weighted by Gasteiger charge is 2.42. The summed E-state index contributed by atoms with van der Waals surface area (Å²) in [7, 11) is -9.76. The summed E-state index contributed by atoms with van der Waals surface area (Å²) in [6, 6.07) is 12.8. The minimum atomic E-state index is -3.86. The molecule has 11 heteroatoms. The molecule has 1 N–H and O–H groups in total. The fraction of sp³-hybridized carbons (Fsp3) is 0.538. The van der Waals surface area contributed by atoms with Crippen molar-refractivity contribution < 1.29 is 26.0 Å². The number of nitrogens with zero attached hydrogens (tertiary/aromatic N) is 1. The predicted octanol–water partition coefficient (Wildman–Crippen LogP) is 4.06. The number of rotatable bonds is 9. The Kier molecular flexibility index (Phi) is 9.11. The van der Waals surface area contributed by atoms with E-state index in [4.69, 9.17) is 9.16 Å². The maximum absolute atomic E-state index is 13.7. The van der Waals surface area contributed by atoms with Crippen LogP contribution in [-0.4, -0.2) is 67.9 Å². The molecule has 0 aromatic heterocycles. The summed E-state index contributed by atoms with van der Waals surface area (Å²) in [4.78, 5) is 0.343. The largest absolute Gasteiger partial charge is 0.415 e. The summed E-state index contributed by atoms with van der Waals surface area (Å²) < 4.78 is 69.3. The van der Waals surface area contributed by atoms with Gasteiger partial charge in [0.2, 0.25) is 20.0 Å². The summed E-state index contributed by atoms with van der Waals surface area (Å²) in [6.07, 6.45) is -0.649. The van der Waals surface area contributed by atoms with Gasteiger partial charge in [-0.3, -0.25) is 0 Å². The van der Waals surface area contributed by atoms with Crippen LogP contribution in [0.15, 0.2) is 58.3 Å². The fourth-order valence-corrected chi connectivity index (χ4v) is 7.39. The van der Waals surface area contributed by atoms with Crippen molar-refractivity contribution in [1.82, 2.24) is 9.03 Å². The fourth-order valence-electron chi connectivity index (χ4n) is 3.65. The van der Waals surface area contributed by atoms with Crippen LogP contribution in [0.4, 0.5) is 0 Å². The normalized spacial score (nSPS) is 20.2. The second-order valence-corrected chi connectivity index (χ2v) is 19.7. The lowest BCUT2D eigenvalue weighted by molar-refractivity contribution is -0.0405. The summed E-state index contributed by atoms with van der Waals surface area (Å²) in [5, 5.41) is -0.0278. The van der Waals surface area contributed by atoms with Gasteiger partial charge in [-0.1, -0.05) is 56.2 Å². The summed E-state index contributed by atoms with van der Waals surface area (Å²) in [5.74, 6) is 0. The van der Waals surface area contributed by atoms with Gasteiger partial charge < -0.3 is 9.16 Å². The topological polar surface area (TPSA) is 102 Å². The average molecular weight is 569 g/mol. The smallest absolute Gasteiger partial charge is 0.243 e. The van der Waals surface area contributed by atoms with Crippen LogP contribution in [0.3, 0.4) is 0 Å². The summed E-state index contributed by atoms with van der Waals surface area (Å²) in [6.45, 7) is 14.7. The van der Waals surface area contributed by atoms with E-state index in [1.807, 2.05) is 13.8 Å². The molecule has 0 radical (unpaired) electrons. The van der Waals surface area contributed by atoms with Gasteiger partial charge in [-0.15, -0.1) is 0 Å². The van der Waals surface area contributed by atoms with Crippen molar-refractivity contribution in [2.75, 3.05) is 26.3 Å². The molecule has 3 rings (SSSR count). The van der Waals surface area contributed by atoms with Crippen molar-refractivity contribution in [3.8, 4) is 0 Å². The SMILES string of the molecule is Cc1ccc(S(=O)(=O)NC[C@H]2CN(S(=O)(=O)c3ccc(C)cc3)[C@@H](CO[Si](C)(C)C(C)(C)C)CO2)cc1. The molecule has 0 spiro atoms. The maximum Gasteiger partial charge on any atom is 0.243 e. The van der Waals surface area contributed by atoms with E-state index >= 15 is 0 Å². The zero-order valence-electron chi connectivity index (χ0n) is 22.8. The first-order valence-electron chi connectivity index (χ1n) is 12.4. The lowest BCUT2D eigenvalue weighted by atomic mass is 10.2. The third-order valence-corrected chi connectivity index (χ3v) is 15.1. The van der Waals surface area contributed by atoms with E-state index in [2.05, 4.69) is 38.6 Å². The van der Waals surface area contributed by atoms with Gasteiger partial charge in [0.1, 0.15) is 0 Å². The molecule has 2 atom stereocenters. The molecule has 0 bridgehead atoms. The first kappa shape index (κ1) is 29.9. The molecule has 0 unspecified atom stereocenters. The van der Waals surface area contributed by atoms with Gasteiger partial charge in [-0.25, -0.2) is 21.6 Å². The van der Waals surface area contributed by atoms with Crippen LogP contribution in [-0.2, 0) is 29.2 Å².